The van der Waals surface area contributed by atoms with Crippen LogP contribution in [0.25, 0.3) is 0 Å². The summed E-state index contributed by atoms with van der Waals surface area (Å²) < 4.78 is 48.0. The molecule has 0 saturated carbocycles. The number of hydrogen-bond acceptors (Lipinski definition) is 3. The van der Waals surface area contributed by atoms with E-state index in [1.807, 2.05) is 30.3 Å². The first-order valence-corrected chi connectivity index (χ1v) is 11.0. The third-order valence-corrected chi connectivity index (χ3v) is 7.29. The molecule has 3 aromatic carbocycles. The fraction of sp³-hybridized carbons (Fsp3) is 0.182. The normalized spacial score (nSPS) is 21.1. The third kappa shape index (κ3) is 3.75. The topological polar surface area (TPSA) is 46.6 Å². The van der Waals surface area contributed by atoms with E-state index >= 15 is 0 Å². The number of para-hydroxylation sites is 1. The van der Waals surface area contributed by atoms with Crippen LogP contribution in [0.3, 0.4) is 0 Å². The van der Waals surface area contributed by atoms with Crippen molar-refractivity contribution in [1.82, 2.24) is 4.31 Å². The Morgan fingerprint density at radius 3 is 2.38 bits per heavy atom. The van der Waals surface area contributed by atoms with Gasteiger partial charge < -0.3 is 4.74 Å². The molecule has 1 aliphatic heterocycles. The molecule has 0 aromatic heterocycles. The molecule has 0 unspecified atom stereocenters. The molecule has 0 saturated heterocycles. The van der Waals surface area contributed by atoms with Crippen molar-refractivity contribution in [2.24, 2.45) is 0 Å². The van der Waals surface area contributed by atoms with Crippen molar-refractivity contribution < 1.29 is 17.5 Å². The molecule has 3 aromatic rings. The first-order chi connectivity index (χ1) is 13.9. The minimum atomic E-state index is -3.91. The van der Waals surface area contributed by atoms with Gasteiger partial charge in [0.05, 0.1) is 11.1 Å². The Bertz CT molecular complexity index is 1120. The highest BCUT2D eigenvalue weighted by molar-refractivity contribution is 7.89. The zero-order valence-corrected chi connectivity index (χ0v) is 17.2. The Morgan fingerprint density at radius 2 is 1.69 bits per heavy atom. The number of benzene rings is 3. The Balaban J connectivity index is 1.86. The van der Waals surface area contributed by atoms with Crippen molar-refractivity contribution in [1.29, 1.82) is 0 Å². The van der Waals surface area contributed by atoms with Crippen LogP contribution in [0.1, 0.15) is 24.2 Å². The summed E-state index contributed by atoms with van der Waals surface area (Å²) in [7, 11) is -3.91. The van der Waals surface area contributed by atoms with Crippen LogP contribution in [0, 0.1) is 5.82 Å². The molecule has 0 aliphatic carbocycles. The lowest BCUT2D eigenvalue weighted by Crippen LogP contribution is -2.41. The summed E-state index contributed by atoms with van der Waals surface area (Å²) in [5.41, 5.74) is 1.52. The Hall–Kier alpha value is -2.41. The molecule has 4 rings (SSSR count). The highest BCUT2D eigenvalue weighted by Gasteiger charge is 2.41. The van der Waals surface area contributed by atoms with Crippen molar-refractivity contribution in [3.05, 3.63) is 94.8 Å². The maximum atomic E-state index is 13.5. The lowest BCUT2D eigenvalue weighted by Gasteiger charge is -2.30. The van der Waals surface area contributed by atoms with E-state index in [4.69, 9.17) is 16.3 Å². The van der Waals surface area contributed by atoms with Crippen molar-refractivity contribution in [2.75, 3.05) is 0 Å². The fourth-order valence-electron chi connectivity index (χ4n) is 3.52. The highest BCUT2D eigenvalue weighted by atomic mass is 35.5. The van der Waals surface area contributed by atoms with Crippen molar-refractivity contribution in [3.63, 3.8) is 0 Å². The summed E-state index contributed by atoms with van der Waals surface area (Å²) in [4.78, 5) is 0.0254. The zero-order valence-electron chi connectivity index (χ0n) is 15.6. The van der Waals surface area contributed by atoms with Gasteiger partial charge in [0.2, 0.25) is 10.0 Å². The maximum absolute atomic E-state index is 13.5. The minimum Gasteiger partial charge on any atom is -0.481 e. The second-order valence-corrected chi connectivity index (χ2v) is 9.20. The van der Waals surface area contributed by atoms with Crippen LogP contribution in [0.5, 0.6) is 5.75 Å². The fourth-order valence-corrected chi connectivity index (χ4v) is 5.55. The van der Waals surface area contributed by atoms with Crippen molar-refractivity contribution >= 4 is 21.6 Å². The molecule has 0 radical (unpaired) electrons. The van der Waals surface area contributed by atoms with Crippen LogP contribution < -0.4 is 4.74 Å². The van der Waals surface area contributed by atoms with Gasteiger partial charge in [-0.15, -0.1) is 0 Å². The smallest absolute Gasteiger partial charge is 0.247 e. The van der Waals surface area contributed by atoms with Gasteiger partial charge in [-0.3, -0.25) is 0 Å². The molecule has 29 heavy (non-hydrogen) atoms. The first kappa shape index (κ1) is 19.9. The van der Waals surface area contributed by atoms with E-state index in [0.717, 1.165) is 5.56 Å². The standard InChI is InChI=1S/C22H19ClFNO3S/c1-15-21(17-6-3-2-4-7-17)28-22-19(23)8-5-9-20(22)29(26,27)25(15)14-16-10-12-18(24)13-11-16/h2-13,15,21H,14H2,1H3/t15-,21-/m0/s1. The molecule has 0 N–H and O–H groups in total. The summed E-state index contributed by atoms with van der Waals surface area (Å²) in [5, 5.41) is 0.239. The second-order valence-electron chi connectivity index (χ2n) is 6.93. The largest absolute Gasteiger partial charge is 0.481 e. The average molecular weight is 432 g/mol. The molecule has 0 spiro atoms. The van der Waals surface area contributed by atoms with Crippen LogP contribution in [0.15, 0.2) is 77.7 Å². The molecule has 0 fully saturated rings. The molecule has 0 bridgehead atoms. The average Bonchev–Trinajstić information content (AvgIpc) is 2.79. The van der Waals surface area contributed by atoms with Crippen molar-refractivity contribution in [2.45, 2.75) is 30.5 Å². The van der Waals surface area contributed by atoms with Crippen molar-refractivity contribution in [3.8, 4) is 5.75 Å². The van der Waals surface area contributed by atoms with Gasteiger partial charge in [-0.2, -0.15) is 4.31 Å². The lowest BCUT2D eigenvalue weighted by atomic mass is 10.0. The number of rotatable bonds is 3. The SMILES string of the molecule is C[C@H]1[C@@H](c2ccccc2)Oc2c(Cl)cccc2S(=O)(=O)N1Cc1ccc(F)cc1. The summed E-state index contributed by atoms with van der Waals surface area (Å²) in [5.74, 6) is -0.223. The summed E-state index contributed by atoms with van der Waals surface area (Å²) in [6.07, 6.45) is -0.562. The summed E-state index contributed by atoms with van der Waals surface area (Å²) in [6.45, 7) is 1.89. The van der Waals surface area contributed by atoms with Gasteiger partial charge in [0, 0.05) is 6.54 Å². The van der Waals surface area contributed by atoms with E-state index in [0.29, 0.717) is 5.56 Å². The summed E-state index contributed by atoms with van der Waals surface area (Å²) in [6, 6.07) is 19.4. The van der Waals surface area contributed by atoms with Crippen LogP contribution in [-0.2, 0) is 16.6 Å². The quantitative estimate of drug-likeness (QED) is 0.573. The van der Waals surface area contributed by atoms with E-state index in [9.17, 15) is 12.8 Å². The van der Waals surface area contributed by atoms with Crippen LogP contribution >= 0.6 is 11.6 Å². The number of sulfonamides is 1. The number of ether oxygens (including phenoxy) is 1. The van der Waals surface area contributed by atoms with E-state index in [1.165, 1.54) is 22.5 Å². The predicted molar refractivity (Wildman–Crippen MR) is 110 cm³/mol. The van der Waals surface area contributed by atoms with E-state index in [2.05, 4.69) is 0 Å². The van der Waals surface area contributed by atoms with Crippen LogP contribution in [0.4, 0.5) is 4.39 Å². The molecular weight excluding hydrogens is 413 g/mol. The Kier molecular flexibility index (Phi) is 5.34. The molecule has 7 heteroatoms. The Labute approximate surface area is 174 Å². The van der Waals surface area contributed by atoms with Gasteiger partial charge in [0.25, 0.3) is 0 Å². The highest BCUT2D eigenvalue weighted by Crippen LogP contribution is 2.43. The van der Waals surface area contributed by atoms with Gasteiger partial charge in [0.1, 0.15) is 16.8 Å². The number of halogens is 2. The molecule has 150 valence electrons. The molecule has 2 atom stereocenters. The summed E-state index contributed by atoms with van der Waals surface area (Å²) >= 11 is 6.32. The number of nitrogens with zero attached hydrogens (tertiary/aromatic N) is 1. The van der Waals surface area contributed by atoms with Gasteiger partial charge in [0.15, 0.2) is 5.75 Å². The van der Waals surface area contributed by atoms with E-state index in [-0.39, 0.29) is 28.0 Å². The first-order valence-electron chi connectivity index (χ1n) is 9.14. The number of hydrogen-bond donors (Lipinski definition) is 0. The molecular formula is C22H19ClFNO3S. The molecule has 1 heterocycles. The van der Waals surface area contributed by atoms with Gasteiger partial charge in [-0.1, -0.05) is 60.1 Å². The van der Waals surface area contributed by atoms with Crippen LogP contribution in [-0.4, -0.2) is 18.8 Å². The van der Waals surface area contributed by atoms with Crippen LogP contribution in [0.2, 0.25) is 5.02 Å². The second kappa shape index (κ2) is 7.78. The minimum absolute atomic E-state index is 0.0254. The van der Waals surface area contributed by atoms with E-state index in [1.54, 1.807) is 31.2 Å². The molecule has 1 aliphatic rings. The maximum Gasteiger partial charge on any atom is 0.247 e. The monoisotopic (exact) mass is 431 g/mol. The van der Waals surface area contributed by atoms with E-state index < -0.39 is 22.2 Å². The van der Waals surface area contributed by atoms with Gasteiger partial charge in [-0.05, 0) is 42.3 Å². The van der Waals surface area contributed by atoms with Gasteiger partial charge in [-0.25, -0.2) is 12.8 Å². The van der Waals surface area contributed by atoms with Gasteiger partial charge >= 0.3 is 0 Å². The third-order valence-electron chi connectivity index (χ3n) is 5.03. The molecule has 0 amide bonds. The lowest BCUT2D eigenvalue weighted by molar-refractivity contribution is 0.124. The predicted octanol–water partition coefficient (Wildman–Crippen LogP) is 5.19. The number of fused-ring (bicyclic) bond motifs is 1. The molecule has 4 nitrogen and oxygen atoms in total. The Morgan fingerprint density at radius 1 is 1.00 bits per heavy atom. The zero-order chi connectivity index (χ0) is 20.6.